The van der Waals surface area contributed by atoms with Crippen LogP contribution in [0.3, 0.4) is 0 Å². The first-order chi connectivity index (χ1) is 8.00. The van der Waals surface area contributed by atoms with Gasteiger partial charge in [0.1, 0.15) is 0 Å². The average molecular weight is 233 g/mol. The van der Waals surface area contributed by atoms with Gasteiger partial charge in [-0.05, 0) is 37.0 Å². The lowest BCUT2D eigenvalue weighted by Gasteiger charge is -2.26. The molecule has 2 atom stereocenters. The van der Waals surface area contributed by atoms with Crippen molar-refractivity contribution in [3.63, 3.8) is 0 Å². The summed E-state index contributed by atoms with van der Waals surface area (Å²) in [6, 6.07) is 0.407. The lowest BCUT2D eigenvalue weighted by atomic mass is 9.85. The first kappa shape index (κ1) is 14.2. The molecular weight excluding hydrogens is 206 g/mol. The van der Waals surface area contributed by atoms with Crippen LogP contribution in [0.1, 0.15) is 53.4 Å². The Kier molecular flexibility index (Phi) is 5.67. The second kappa shape index (κ2) is 6.78. The van der Waals surface area contributed by atoms with E-state index >= 15 is 0 Å². The minimum absolute atomic E-state index is 0.251. The van der Waals surface area contributed by atoms with Gasteiger partial charge in [-0.3, -0.25) is 4.99 Å². The number of hydrogen-bond donors (Lipinski definition) is 0. The summed E-state index contributed by atoms with van der Waals surface area (Å²) in [5, 5.41) is 0. The minimum atomic E-state index is 0.251. The van der Waals surface area contributed by atoms with E-state index in [9.17, 15) is 0 Å². The Morgan fingerprint density at radius 2 is 1.53 bits per heavy atom. The number of aliphatic imine (C=N–C) groups is 1. The van der Waals surface area contributed by atoms with Crippen LogP contribution in [0, 0.1) is 11.3 Å². The van der Waals surface area contributed by atoms with Gasteiger partial charge in [0.2, 0.25) is 0 Å². The maximum Gasteiger partial charge on any atom is 0.0578 e. The molecule has 1 rings (SSSR count). The van der Waals surface area contributed by atoms with Crippen molar-refractivity contribution in [3.8, 4) is 0 Å². The number of allylic oxidation sites excluding steroid dienone is 3. The monoisotopic (exact) mass is 233 g/mol. The molecule has 1 aliphatic heterocycles. The van der Waals surface area contributed by atoms with E-state index in [0.29, 0.717) is 12.0 Å². The normalized spacial score (nSPS) is 33.2. The molecule has 1 heteroatoms. The van der Waals surface area contributed by atoms with Gasteiger partial charge in [-0.15, -0.1) is 0 Å². The third kappa shape index (κ3) is 5.86. The quantitative estimate of drug-likeness (QED) is 0.533. The first-order valence-corrected chi connectivity index (χ1v) is 6.83. The minimum Gasteiger partial charge on any atom is -0.293 e. The van der Waals surface area contributed by atoms with Crippen molar-refractivity contribution in [2.45, 2.75) is 59.4 Å². The fourth-order valence-corrected chi connectivity index (χ4v) is 1.91. The zero-order valence-electron chi connectivity index (χ0n) is 11.8. The molecule has 0 bridgehead atoms. The fourth-order valence-electron chi connectivity index (χ4n) is 1.91. The smallest absolute Gasteiger partial charge is 0.0578 e. The summed E-state index contributed by atoms with van der Waals surface area (Å²) in [5.74, 6) is 0.555. The Morgan fingerprint density at radius 1 is 0.941 bits per heavy atom. The van der Waals surface area contributed by atoms with Crippen LogP contribution in [-0.2, 0) is 0 Å². The lowest BCUT2D eigenvalue weighted by molar-refractivity contribution is 0.324. The summed E-state index contributed by atoms with van der Waals surface area (Å²) in [6.45, 7) is 9.08. The van der Waals surface area contributed by atoms with Crippen molar-refractivity contribution < 1.29 is 0 Å². The van der Waals surface area contributed by atoms with Crippen LogP contribution in [0.15, 0.2) is 29.3 Å². The predicted molar refractivity (Wildman–Crippen MR) is 77.6 cm³/mol. The molecule has 0 aromatic carbocycles. The highest BCUT2D eigenvalue weighted by atomic mass is 14.8. The largest absolute Gasteiger partial charge is 0.293 e. The SMILES string of the molecule is CC1/C=N/C(C(C)(C)C)C/C=C/CC/C=C/C1. The highest BCUT2D eigenvalue weighted by Gasteiger charge is 2.22. The third-order valence-corrected chi connectivity index (χ3v) is 3.22. The van der Waals surface area contributed by atoms with E-state index in [4.69, 9.17) is 4.99 Å². The van der Waals surface area contributed by atoms with Crippen molar-refractivity contribution in [2.75, 3.05) is 0 Å². The van der Waals surface area contributed by atoms with Crippen LogP contribution in [0.4, 0.5) is 0 Å². The molecule has 0 aliphatic carbocycles. The van der Waals surface area contributed by atoms with E-state index < -0.39 is 0 Å². The zero-order valence-corrected chi connectivity index (χ0v) is 11.8. The topological polar surface area (TPSA) is 12.4 Å². The van der Waals surface area contributed by atoms with Crippen LogP contribution in [0.5, 0.6) is 0 Å². The summed E-state index contributed by atoms with van der Waals surface area (Å²) < 4.78 is 0. The summed E-state index contributed by atoms with van der Waals surface area (Å²) in [6.07, 6.45) is 15.8. The molecule has 0 saturated carbocycles. The van der Waals surface area contributed by atoms with Gasteiger partial charge < -0.3 is 0 Å². The second-order valence-electron chi connectivity index (χ2n) is 6.15. The van der Waals surface area contributed by atoms with E-state index in [-0.39, 0.29) is 5.41 Å². The van der Waals surface area contributed by atoms with E-state index in [1.54, 1.807) is 0 Å². The molecule has 0 aromatic rings. The van der Waals surface area contributed by atoms with Gasteiger partial charge in [0.15, 0.2) is 0 Å². The molecule has 96 valence electrons. The summed E-state index contributed by atoms with van der Waals surface area (Å²) >= 11 is 0. The molecule has 0 fully saturated rings. The van der Waals surface area contributed by atoms with Crippen molar-refractivity contribution in [1.82, 2.24) is 0 Å². The molecule has 0 N–H and O–H groups in total. The van der Waals surface area contributed by atoms with Crippen molar-refractivity contribution in [1.29, 1.82) is 0 Å². The molecule has 1 heterocycles. The molecule has 0 saturated heterocycles. The van der Waals surface area contributed by atoms with Crippen molar-refractivity contribution in [2.24, 2.45) is 16.3 Å². The van der Waals surface area contributed by atoms with Crippen LogP contribution < -0.4 is 0 Å². The molecule has 2 unspecified atom stereocenters. The highest BCUT2D eigenvalue weighted by Crippen LogP contribution is 2.25. The van der Waals surface area contributed by atoms with Crippen molar-refractivity contribution in [3.05, 3.63) is 24.3 Å². The number of nitrogens with zero attached hydrogens (tertiary/aromatic N) is 1. The maximum atomic E-state index is 4.80. The van der Waals surface area contributed by atoms with Crippen molar-refractivity contribution >= 4 is 6.21 Å². The Balaban J connectivity index is 2.75. The average Bonchev–Trinajstić information content (AvgIpc) is 2.21. The van der Waals surface area contributed by atoms with E-state index in [1.807, 2.05) is 0 Å². The number of hydrogen-bond acceptors (Lipinski definition) is 1. The van der Waals surface area contributed by atoms with Gasteiger partial charge in [-0.2, -0.15) is 0 Å². The Hall–Kier alpha value is -0.850. The molecule has 17 heavy (non-hydrogen) atoms. The molecule has 0 amide bonds. The Morgan fingerprint density at radius 3 is 2.12 bits per heavy atom. The summed E-state index contributed by atoms with van der Waals surface area (Å²) in [4.78, 5) is 4.80. The molecule has 1 aliphatic rings. The molecule has 1 nitrogen and oxygen atoms in total. The molecule has 0 radical (unpaired) electrons. The van der Waals surface area contributed by atoms with Gasteiger partial charge in [0.25, 0.3) is 0 Å². The third-order valence-electron chi connectivity index (χ3n) is 3.22. The predicted octanol–water partition coefficient (Wildman–Crippen LogP) is 4.79. The standard InChI is InChI=1S/C16H27N/c1-14-11-9-7-5-6-8-10-12-15(17-13-14)16(2,3)4/h7-10,13-15H,5-6,11-12H2,1-4H3/b9-7+,10-8+,17-13+. The van der Waals surface area contributed by atoms with Crippen LogP contribution in [-0.4, -0.2) is 12.3 Å². The summed E-state index contributed by atoms with van der Waals surface area (Å²) in [5.41, 5.74) is 0.251. The fraction of sp³-hybridized carbons (Fsp3) is 0.688. The lowest BCUT2D eigenvalue weighted by Crippen LogP contribution is -2.24. The van der Waals surface area contributed by atoms with Crippen LogP contribution in [0.2, 0.25) is 0 Å². The van der Waals surface area contributed by atoms with E-state index in [1.165, 1.54) is 6.42 Å². The second-order valence-corrected chi connectivity index (χ2v) is 6.15. The molecular formula is C16H27N. The van der Waals surface area contributed by atoms with Gasteiger partial charge in [-0.1, -0.05) is 52.0 Å². The molecule has 0 aromatic heterocycles. The van der Waals surface area contributed by atoms with Gasteiger partial charge in [-0.25, -0.2) is 0 Å². The molecule has 0 spiro atoms. The van der Waals surface area contributed by atoms with Gasteiger partial charge >= 0.3 is 0 Å². The Bertz CT molecular complexity index is 291. The highest BCUT2D eigenvalue weighted by molar-refractivity contribution is 5.60. The van der Waals surface area contributed by atoms with Gasteiger partial charge in [0, 0.05) is 6.21 Å². The van der Waals surface area contributed by atoms with Crippen LogP contribution >= 0.6 is 0 Å². The van der Waals surface area contributed by atoms with E-state index in [0.717, 1.165) is 19.3 Å². The van der Waals surface area contributed by atoms with Gasteiger partial charge in [0.05, 0.1) is 6.04 Å². The maximum absolute atomic E-state index is 4.80. The number of rotatable bonds is 0. The zero-order chi connectivity index (χ0) is 12.7. The first-order valence-electron chi connectivity index (χ1n) is 6.83. The summed E-state index contributed by atoms with van der Waals surface area (Å²) in [7, 11) is 0. The van der Waals surface area contributed by atoms with Crippen LogP contribution in [0.25, 0.3) is 0 Å². The Labute approximate surface area is 107 Å². The van der Waals surface area contributed by atoms with E-state index in [2.05, 4.69) is 58.2 Å².